The van der Waals surface area contributed by atoms with Crippen LogP contribution in [0.3, 0.4) is 0 Å². The largest absolute Gasteiger partial charge is 0.478 e. The molecule has 17 heavy (non-hydrogen) atoms. The number of carboxylic acids is 1. The van der Waals surface area contributed by atoms with Gasteiger partial charge in [0.1, 0.15) is 0 Å². The number of benzene rings is 1. The Morgan fingerprint density at radius 1 is 1.53 bits per heavy atom. The van der Waals surface area contributed by atoms with Crippen LogP contribution >= 0.6 is 11.8 Å². The molecule has 1 fully saturated rings. The molecular formula is C13H16O3S. The number of thioether (sulfide) groups is 1. The maximum Gasteiger partial charge on any atom is 0.336 e. The highest BCUT2D eigenvalue weighted by Gasteiger charge is 2.26. The first kappa shape index (κ1) is 12.5. The van der Waals surface area contributed by atoms with Gasteiger partial charge in [-0.15, -0.1) is 11.8 Å². The van der Waals surface area contributed by atoms with Gasteiger partial charge < -0.3 is 9.84 Å². The molecule has 1 heterocycles. The highest BCUT2D eigenvalue weighted by molar-refractivity contribution is 8.00. The Morgan fingerprint density at radius 2 is 2.29 bits per heavy atom. The van der Waals surface area contributed by atoms with Crippen molar-refractivity contribution < 1.29 is 14.6 Å². The smallest absolute Gasteiger partial charge is 0.336 e. The second-order valence-electron chi connectivity index (χ2n) is 4.33. The third-order valence-electron chi connectivity index (χ3n) is 2.95. The first-order chi connectivity index (χ1) is 8.08. The predicted molar refractivity (Wildman–Crippen MR) is 67.8 cm³/mol. The van der Waals surface area contributed by atoms with Crippen LogP contribution in [0, 0.1) is 6.92 Å². The molecule has 0 aromatic heterocycles. The van der Waals surface area contributed by atoms with E-state index in [-0.39, 0.29) is 6.10 Å². The molecule has 0 bridgehead atoms. The van der Waals surface area contributed by atoms with Crippen LogP contribution in [-0.2, 0) is 4.74 Å². The standard InChI is InChI=1S/C13H16O3S/c1-8-3-4-12(10(7-8)13(14)15)17-11-5-6-16-9(11)2/h3-4,7,9,11H,5-6H2,1-2H3,(H,14,15). The van der Waals surface area contributed by atoms with E-state index in [1.807, 2.05) is 26.0 Å². The Kier molecular flexibility index (Phi) is 3.74. The van der Waals surface area contributed by atoms with Crippen molar-refractivity contribution in [2.75, 3.05) is 6.61 Å². The lowest BCUT2D eigenvalue weighted by Crippen LogP contribution is -2.14. The molecule has 1 aromatic rings. The zero-order valence-electron chi connectivity index (χ0n) is 9.97. The third-order valence-corrected chi connectivity index (χ3v) is 4.48. The average Bonchev–Trinajstić information content (AvgIpc) is 2.67. The van der Waals surface area contributed by atoms with Crippen molar-refractivity contribution in [3.8, 4) is 0 Å². The van der Waals surface area contributed by atoms with Crippen LogP contribution < -0.4 is 0 Å². The van der Waals surface area contributed by atoms with E-state index in [9.17, 15) is 9.90 Å². The maximum absolute atomic E-state index is 11.2. The molecule has 4 heteroatoms. The summed E-state index contributed by atoms with van der Waals surface area (Å²) in [7, 11) is 0. The lowest BCUT2D eigenvalue weighted by atomic mass is 10.1. The number of carbonyl (C=O) groups is 1. The van der Waals surface area contributed by atoms with E-state index in [0.717, 1.165) is 23.5 Å². The van der Waals surface area contributed by atoms with Gasteiger partial charge in [-0.3, -0.25) is 0 Å². The van der Waals surface area contributed by atoms with E-state index in [1.54, 1.807) is 17.8 Å². The Hall–Kier alpha value is -1.00. The van der Waals surface area contributed by atoms with Crippen molar-refractivity contribution in [1.29, 1.82) is 0 Å². The van der Waals surface area contributed by atoms with Gasteiger partial charge in [0.15, 0.2) is 0 Å². The molecule has 1 N–H and O–H groups in total. The number of carboxylic acid groups (broad SMARTS) is 1. The lowest BCUT2D eigenvalue weighted by molar-refractivity contribution is 0.0693. The van der Waals surface area contributed by atoms with E-state index in [0.29, 0.717) is 10.8 Å². The van der Waals surface area contributed by atoms with Crippen molar-refractivity contribution in [3.05, 3.63) is 29.3 Å². The summed E-state index contributed by atoms with van der Waals surface area (Å²) in [4.78, 5) is 12.0. The number of aryl methyl sites for hydroxylation is 1. The average molecular weight is 252 g/mol. The molecule has 3 nitrogen and oxygen atoms in total. The van der Waals surface area contributed by atoms with E-state index >= 15 is 0 Å². The van der Waals surface area contributed by atoms with Crippen molar-refractivity contribution in [3.63, 3.8) is 0 Å². The minimum Gasteiger partial charge on any atom is -0.478 e. The van der Waals surface area contributed by atoms with Crippen LogP contribution in [-0.4, -0.2) is 29.0 Å². The first-order valence-electron chi connectivity index (χ1n) is 5.70. The summed E-state index contributed by atoms with van der Waals surface area (Å²) in [5.41, 5.74) is 1.37. The van der Waals surface area contributed by atoms with Crippen LogP contribution in [0.1, 0.15) is 29.3 Å². The summed E-state index contributed by atoms with van der Waals surface area (Å²) in [6, 6.07) is 5.58. The summed E-state index contributed by atoms with van der Waals surface area (Å²) in [6.07, 6.45) is 1.18. The Bertz CT molecular complexity index is 431. The lowest BCUT2D eigenvalue weighted by Gasteiger charge is -2.15. The topological polar surface area (TPSA) is 46.5 Å². The highest BCUT2D eigenvalue weighted by atomic mass is 32.2. The molecule has 0 spiro atoms. The molecule has 2 unspecified atom stereocenters. The molecular weight excluding hydrogens is 236 g/mol. The van der Waals surface area contributed by atoms with Crippen molar-refractivity contribution in [2.45, 2.75) is 36.5 Å². The van der Waals surface area contributed by atoms with Gasteiger partial charge in [0, 0.05) is 16.8 Å². The highest BCUT2D eigenvalue weighted by Crippen LogP contribution is 2.34. The minimum absolute atomic E-state index is 0.197. The van der Waals surface area contributed by atoms with Crippen LogP contribution in [0.25, 0.3) is 0 Å². The van der Waals surface area contributed by atoms with Crippen molar-refractivity contribution in [2.24, 2.45) is 0 Å². The van der Waals surface area contributed by atoms with Gasteiger partial charge in [-0.05, 0) is 32.4 Å². The van der Waals surface area contributed by atoms with Gasteiger partial charge in [-0.1, -0.05) is 11.6 Å². The summed E-state index contributed by atoms with van der Waals surface area (Å²) >= 11 is 1.62. The molecule has 0 saturated carbocycles. The second kappa shape index (κ2) is 5.10. The molecule has 1 aliphatic heterocycles. The minimum atomic E-state index is -0.859. The third kappa shape index (κ3) is 2.82. The number of ether oxygens (including phenoxy) is 1. The summed E-state index contributed by atoms with van der Waals surface area (Å²) in [5.74, 6) is -0.859. The molecule has 0 radical (unpaired) electrons. The van der Waals surface area contributed by atoms with Gasteiger partial charge in [0.05, 0.1) is 11.7 Å². The van der Waals surface area contributed by atoms with Gasteiger partial charge >= 0.3 is 5.97 Å². The first-order valence-corrected chi connectivity index (χ1v) is 6.58. The molecule has 2 atom stereocenters. The second-order valence-corrected chi connectivity index (χ2v) is 5.61. The number of rotatable bonds is 3. The fourth-order valence-corrected chi connectivity index (χ4v) is 3.17. The number of hydrogen-bond acceptors (Lipinski definition) is 3. The van der Waals surface area contributed by atoms with Crippen LogP contribution in [0.5, 0.6) is 0 Å². The SMILES string of the molecule is Cc1ccc(SC2CCOC2C)c(C(=O)O)c1. The van der Waals surface area contributed by atoms with E-state index in [4.69, 9.17) is 4.74 Å². The molecule has 92 valence electrons. The molecule has 1 aromatic carbocycles. The molecule has 1 saturated heterocycles. The fraction of sp³-hybridized carbons (Fsp3) is 0.462. The normalized spacial score (nSPS) is 23.9. The maximum atomic E-state index is 11.2. The predicted octanol–water partition coefficient (Wildman–Crippen LogP) is 2.96. The van der Waals surface area contributed by atoms with Crippen LogP contribution in [0.4, 0.5) is 0 Å². The molecule has 0 aliphatic carbocycles. The van der Waals surface area contributed by atoms with Gasteiger partial charge in [0.2, 0.25) is 0 Å². The molecule has 0 amide bonds. The Morgan fingerprint density at radius 3 is 2.88 bits per heavy atom. The molecule has 1 aliphatic rings. The van der Waals surface area contributed by atoms with Crippen LogP contribution in [0.2, 0.25) is 0 Å². The quantitative estimate of drug-likeness (QED) is 0.898. The van der Waals surface area contributed by atoms with E-state index in [2.05, 4.69) is 0 Å². The zero-order valence-corrected chi connectivity index (χ0v) is 10.8. The summed E-state index contributed by atoms with van der Waals surface area (Å²) in [5, 5.41) is 9.54. The fourth-order valence-electron chi connectivity index (χ4n) is 1.94. The Balaban J connectivity index is 2.22. The Labute approximate surface area is 105 Å². The monoisotopic (exact) mass is 252 g/mol. The van der Waals surface area contributed by atoms with E-state index < -0.39 is 5.97 Å². The van der Waals surface area contributed by atoms with Crippen molar-refractivity contribution in [1.82, 2.24) is 0 Å². The number of hydrogen-bond donors (Lipinski definition) is 1. The number of aromatic carboxylic acids is 1. The summed E-state index contributed by atoms with van der Waals surface area (Å²) < 4.78 is 5.49. The zero-order chi connectivity index (χ0) is 12.4. The van der Waals surface area contributed by atoms with Gasteiger partial charge in [-0.2, -0.15) is 0 Å². The van der Waals surface area contributed by atoms with Crippen molar-refractivity contribution >= 4 is 17.7 Å². The molecule has 2 rings (SSSR count). The summed E-state index contributed by atoms with van der Waals surface area (Å²) in [6.45, 7) is 4.72. The van der Waals surface area contributed by atoms with Crippen LogP contribution in [0.15, 0.2) is 23.1 Å². The van der Waals surface area contributed by atoms with Gasteiger partial charge in [-0.25, -0.2) is 4.79 Å². The van der Waals surface area contributed by atoms with E-state index in [1.165, 1.54) is 0 Å². The van der Waals surface area contributed by atoms with Gasteiger partial charge in [0.25, 0.3) is 0 Å².